The molecule has 0 aromatic carbocycles. The van der Waals surface area contributed by atoms with Crippen molar-refractivity contribution in [2.45, 2.75) is 39.2 Å². The van der Waals surface area contributed by atoms with Gasteiger partial charge in [-0.3, -0.25) is 4.79 Å². The quantitative estimate of drug-likeness (QED) is 0.715. The van der Waals surface area contributed by atoms with Gasteiger partial charge in [0.05, 0.1) is 0 Å². The highest BCUT2D eigenvalue weighted by molar-refractivity contribution is 5.83. The first-order chi connectivity index (χ1) is 6.56. The zero-order valence-electron chi connectivity index (χ0n) is 9.12. The van der Waals surface area contributed by atoms with Crippen molar-refractivity contribution in [3.63, 3.8) is 0 Å². The Kier molecular flexibility index (Phi) is 2.30. The van der Waals surface area contributed by atoms with Gasteiger partial charge >= 0.3 is 0 Å². The summed E-state index contributed by atoms with van der Waals surface area (Å²) in [5.74, 6) is 0.623. The Morgan fingerprint density at radius 2 is 2.21 bits per heavy atom. The van der Waals surface area contributed by atoms with E-state index in [9.17, 15) is 4.79 Å². The van der Waals surface area contributed by atoms with Crippen LogP contribution >= 0.6 is 0 Å². The second kappa shape index (κ2) is 3.23. The fourth-order valence-corrected chi connectivity index (χ4v) is 2.46. The summed E-state index contributed by atoms with van der Waals surface area (Å²) >= 11 is 0. The Morgan fingerprint density at radius 1 is 1.57 bits per heavy atom. The second-order valence-corrected chi connectivity index (χ2v) is 5.31. The number of amides is 1. The van der Waals surface area contributed by atoms with Crippen LogP contribution in [0.3, 0.4) is 0 Å². The van der Waals surface area contributed by atoms with E-state index in [-0.39, 0.29) is 11.3 Å². The number of carbonyl (C=O) groups is 1. The van der Waals surface area contributed by atoms with E-state index in [4.69, 9.17) is 5.73 Å². The third-order valence-corrected chi connectivity index (χ3v) is 3.74. The molecule has 0 aromatic heterocycles. The van der Waals surface area contributed by atoms with E-state index >= 15 is 0 Å². The predicted molar refractivity (Wildman–Crippen MR) is 55.7 cm³/mol. The number of hydrogen-bond acceptors (Lipinski definition) is 2. The second-order valence-electron chi connectivity index (χ2n) is 5.31. The average molecular weight is 196 g/mol. The van der Waals surface area contributed by atoms with Gasteiger partial charge in [-0.25, -0.2) is 0 Å². The first kappa shape index (κ1) is 9.97. The molecule has 3 heteroatoms. The normalized spacial score (nSPS) is 34.6. The largest absolute Gasteiger partial charge is 0.338 e. The number of carbonyl (C=O) groups excluding carboxylic acids is 1. The molecule has 0 aromatic rings. The lowest BCUT2D eigenvalue weighted by Crippen LogP contribution is -2.41. The van der Waals surface area contributed by atoms with Crippen molar-refractivity contribution >= 4 is 5.91 Å². The van der Waals surface area contributed by atoms with Crippen LogP contribution in [0.5, 0.6) is 0 Å². The lowest BCUT2D eigenvalue weighted by atomic mass is 10.1. The minimum Gasteiger partial charge on any atom is -0.338 e. The highest BCUT2D eigenvalue weighted by Crippen LogP contribution is 2.52. The molecule has 0 radical (unpaired) electrons. The van der Waals surface area contributed by atoms with Gasteiger partial charge in [0.15, 0.2) is 0 Å². The van der Waals surface area contributed by atoms with Crippen molar-refractivity contribution < 1.29 is 4.79 Å². The molecule has 2 atom stereocenters. The van der Waals surface area contributed by atoms with Crippen LogP contribution in [-0.4, -0.2) is 29.9 Å². The minimum absolute atomic E-state index is 0.249. The topological polar surface area (TPSA) is 46.3 Å². The minimum atomic E-state index is 0.249. The van der Waals surface area contributed by atoms with E-state index < -0.39 is 0 Å². The van der Waals surface area contributed by atoms with E-state index in [1.807, 2.05) is 4.90 Å². The fraction of sp³-hybridized carbons (Fsp3) is 0.909. The third-order valence-electron chi connectivity index (χ3n) is 3.74. The van der Waals surface area contributed by atoms with Crippen molar-refractivity contribution in [2.75, 3.05) is 13.1 Å². The molecular weight excluding hydrogens is 176 g/mol. The molecular formula is C11H20N2O. The summed E-state index contributed by atoms with van der Waals surface area (Å²) in [6.45, 7) is 5.89. The molecule has 14 heavy (non-hydrogen) atoms. The van der Waals surface area contributed by atoms with Crippen molar-refractivity contribution in [1.29, 1.82) is 0 Å². The Bertz CT molecular complexity index is 250. The number of likely N-dealkylation sites (tertiary alicyclic amines) is 1. The summed E-state index contributed by atoms with van der Waals surface area (Å²) in [4.78, 5) is 14.1. The summed E-state index contributed by atoms with van der Waals surface area (Å²) in [5.41, 5.74) is 5.91. The highest BCUT2D eigenvalue weighted by Gasteiger charge is 2.52. The van der Waals surface area contributed by atoms with Gasteiger partial charge < -0.3 is 10.6 Å². The average Bonchev–Trinajstić information content (AvgIpc) is 2.64. The van der Waals surface area contributed by atoms with Crippen molar-refractivity contribution in [3.8, 4) is 0 Å². The monoisotopic (exact) mass is 196 g/mol. The molecule has 1 aliphatic heterocycles. The maximum atomic E-state index is 12.1. The SMILES string of the molecule is CC1(C)CC1C(=O)N1CCC[C@@H]1CN. The molecule has 2 aliphatic rings. The summed E-state index contributed by atoms with van der Waals surface area (Å²) in [6, 6.07) is 0.318. The van der Waals surface area contributed by atoms with Crippen molar-refractivity contribution in [1.82, 2.24) is 4.90 Å². The lowest BCUT2D eigenvalue weighted by molar-refractivity contribution is -0.134. The van der Waals surface area contributed by atoms with Gasteiger partial charge in [-0.2, -0.15) is 0 Å². The molecule has 2 rings (SSSR count). The van der Waals surface area contributed by atoms with E-state index in [2.05, 4.69) is 13.8 Å². The molecule has 2 N–H and O–H groups in total. The van der Waals surface area contributed by atoms with Crippen LogP contribution in [0.2, 0.25) is 0 Å². The van der Waals surface area contributed by atoms with Gasteiger partial charge in [-0.05, 0) is 24.7 Å². The molecule has 1 aliphatic carbocycles. The number of rotatable bonds is 2. The van der Waals surface area contributed by atoms with Crippen LogP contribution < -0.4 is 5.73 Å². The molecule has 3 nitrogen and oxygen atoms in total. The summed E-state index contributed by atoms with van der Waals surface area (Å²) in [7, 11) is 0. The lowest BCUT2D eigenvalue weighted by Gasteiger charge is -2.24. The molecule has 1 saturated carbocycles. The fourth-order valence-electron chi connectivity index (χ4n) is 2.46. The van der Waals surface area contributed by atoms with Crippen LogP contribution in [0.1, 0.15) is 33.1 Å². The number of nitrogens with zero attached hydrogens (tertiary/aromatic N) is 1. The predicted octanol–water partition coefficient (Wildman–Crippen LogP) is 0.982. The Hall–Kier alpha value is -0.570. The van der Waals surface area contributed by atoms with Crippen LogP contribution in [0.4, 0.5) is 0 Å². The number of nitrogens with two attached hydrogens (primary N) is 1. The Labute approximate surface area is 85.6 Å². The highest BCUT2D eigenvalue weighted by atomic mass is 16.2. The van der Waals surface area contributed by atoms with Crippen LogP contribution in [0.15, 0.2) is 0 Å². The van der Waals surface area contributed by atoms with E-state index in [0.29, 0.717) is 18.5 Å². The first-order valence-corrected chi connectivity index (χ1v) is 5.57. The van der Waals surface area contributed by atoms with Gasteiger partial charge in [0.1, 0.15) is 0 Å². The van der Waals surface area contributed by atoms with Gasteiger partial charge in [-0.1, -0.05) is 13.8 Å². The third kappa shape index (κ3) is 1.54. The Balaban J connectivity index is 1.98. The van der Waals surface area contributed by atoms with Crippen LogP contribution in [0, 0.1) is 11.3 Å². The summed E-state index contributed by atoms with van der Waals surface area (Å²) < 4.78 is 0. The molecule has 1 heterocycles. The van der Waals surface area contributed by atoms with E-state index in [1.54, 1.807) is 0 Å². The molecule has 0 bridgehead atoms. The molecule has 1 unspecified atom stereocenters. The van der Waals surface area contributed by atoms with Crippen LogP contribution in [0.25, 0.3) is 0 Å². The van der Waals surface area contributed by atoms with E-state index in [0.717, 1.165) is 25.8 Å². The van der Waals surface area contributed by atoms with Crippen LogP contribution in [-0.2, 0) is 4.79 Å². The molecule has 80 valence electrons. The molecule has 0 spiro atoms. The van der Waals surface area contributed by atoms with Crippen molar-refractivity contribution in [2.24, 2.45) is 17.1 Å². The standard InChI is InChI=1S/C11H20N2O/c1-11(2)6-9(11)10(14)13-5-3-4-8(13)7-12/h8-9H,3-7,12H2,1-2H3/t8-,9?/m1/s1. The summed E-state index contributed by atoms with van der Waals surface area (Å²) in [5, 5.41) is 0. The molecule has 1 amide bonds. The number of hydrogen-bond donors (Lipinski definition) is 1. The maximum absolute atomic E-state index is 12.1. The first-order valence-electron chi connectivity index (χ1n) is 5.57. The van der Waals surface area contributed by atoms with Gasteiger partial charge in [0.25, 0.3) is 0 Å². The zero-order chi connectivity index (χ0) is 10.3. The Morgan fingerprint density at radius 3 is 2.71 bits per heavy atom. The molecule has 2 fully saturated rings. The van der Waals surface area contributed by atoms with Gasteiger partial charge in [0.2, 0.25) is 5.91 Å². The van der Waals surface area contributed by atoms with E-state index in [1.165, 1.54) is 0 Å². The maximum Gasteiger partial charge on any atom is 0.226 e. The zero-order valence-corrected chi connectivity index (χ0v) is 9.12. The van der Waals surface area contributed by atoms with Gasteiger partial charge in [-0.15, -0.1) is 0 Å². The van der Waals surface area contributed by atoms with Gasteiger partial charge in [0, 0.05) is 25.0 Å². The molecule has 1 saturated heterocycles. The summed E-state index contributed by atoms with van der Waals surface area (Å²) in [6.07, 6.45) is 3.27. The smallest absolute Gasteiger partial charge is 0.226 e. The van der Waals surface area contributed by atoms with Crippen molar-refractivity contribution in [3.05, 3.63) is 0 Å².